The zero-order chi connectivity index (χ0) is 14.1. The number of rotatable bonds is 9. The number of aromatic hydroxyl groups is 1. The summed E-state index contributed by atoms with van der Waals surface area (Å²) in [4.78, 5) is 0. The Morgan fingerprint density at radius 3 is 2.53 bits per heavy atom. The Morgan fingerprint density at radius 1 is 1.26 bits per heavy atom. The van der Waals surface area contributed by atoms with Gasteiger partial charge in [0.05, 0.1) is 0 Å². The van der Waals surface area contributed by atoms with Gasteiger partial charge in [0.2, 0.25) is 0 Å². The standard InChI is InChI=1S/C17H27NO/c1-4-6-15(5-2)8-7-14(3)18-13-16-9-11-17(19)12-10-16/h4,9-12,14-15,18-19H,1,5-8,13H2,2-3H3. The van der Waals surface area contributed by atoms with Crippen molar-refractivity contribution >= 4 is 0 Å². The van der Waals surface area contributed by atoms with E-state index in [4.69, 9.17) is 0 Å². The van der Waals surface area contributed by atoms with Crippen molar-refractivity contribution < 1.29 is 5.11 Å². The second-order valence-corrected chi connectivity index (χ2v) is 5.32. The summed E-state index contributed by atoms with van der Waals surface area (Å²) in [5.74, 6) is 1.10. The Balaban J connectivity index is 2.25. The molecule has 2 atom stereocenters. The lowest BCUT2D eigenvalue weighted by molar-refractivity contribution is 0.406. The van der Waals surface area contributed by atoms with E-state index in [0.717, 1.165) is 18.9 Å². The molecule has 2 unspecified atom stereocenters. The average molecular weight is 261 g/mol. The van der Waals surface area contributed by atoms with E-state index in [2.05, 4.69) is 25.7 Å². The second kappa shape index (κ2) is 8.76. The zero-order valence-corrected chi connectivity index (χ0v) is 12.2. The van der Waals surface area contributed by atoms with Crippen LogP contribution in [0.5, 0.6) is 5.75 Å². The van der Waals surface area contributed by atoms with E-state index in [9.17, 15) is 5.11 Å². The van der Waals surface area contributed by atoms with Crippen molar-refractivity contribution in [2.24, 2.45) is 5.92 Å². The van der Waals surface area contributed by atoms with E-state index in [0.29, 0.717) is 11.8 Å². The van der Waals surface area contributed by atoms with Gasteiger partial charge in [-0.25, -0.2) is 0 Å². The molecule has 2 nitrogen and oxygen atoms in total. The minimum Gasteiger partial charge on any atom is -0.508 e. The number of nitrogens with one attached hydrogen (secondary N) is 1. The maximum absolute atomic E-state index is 9.23. The SMILES string of the molecule is C=CCC(CC)CCC(C)NCc1ccc(O)cc1. The molecule has 2 heteroatoms. The molecule has 0 saturated heterocycles. The molecule has 106 valence electrons. The summed E-state index contributed by atoms with van der Waals surface area (Å²) >= 11 is 0. The fourth-order valence-electron chi connectivity index (χ4n) is 2.22. The molecule has 0 aliphatic heterocycles. The van der Waals surface area contributed by atoms with E-state index < -0.39 is 0 Å². The quantitative estimate of drug-likeness (QED) is 0.651. The van der Waals surface area contributed by atoms with Gasteiger partial charge in [-0.05, 0) is 49.8 Å². The van der Waals surface area contributed by atoms with Gasteiger partial charge in [-0.15, -0.1) is 6.58 Å². The molecule has 0 amide bonds. The Kier molecular flexibility index (Phi) is 7.27. The molecule has 19 heavy (non-hydrogen) atoms. The van der Waals surface area contributed by atoms with E-state index in [1.807, 2.05) is 18.2 Å². The van der Waals surface area contributed by atoms with Gasteiger partial charge >= 0.3 is 0 Å². The second-order valence-electron chi connectivity index (χ2n) is 5.32. The van der Waals surface area contributed by atoms with Crippen LogP contribution in [0.1, 0.15) is 45.1 Å². The average Bonchev–Trinajstić information content (AvgIpc) is 2.42. The van der Waals surface area contributed by atoms with Crippen LogP contribution in [0.15, 0.2) is 36.9 Å². The number of phenols is 1. The number of phenolic OH excluding ortho intramolecular Hbond substituents is 1. The first-order chi connectivity index (χ1) is 9.15. The number of allylic oxidation sites excluding steroid dienone is 1. The third kappa shape index (κ3) is 6.44. The lowest BCUT2D eigenvalue weighted by Crippen LogP contribution is -2.26. The smallest absolute Gasteiger partial charge is 0.115 e. The van der Waals surface area contributed by atoms with Crippen LogP contribution in [0, 0.1) is 5.92 Å². The molecule has 0 fully saturated rings. The molecule has 0 spiro atoms. The maximum atomic E-state index is 9.23. The first-order valence-corrected chi connectivity index (χ1v) is 7.27. The Hall–Kier alpha value is -1.28. The molecule has 0 heterocycles. The topological polar surface area (TPSA) is 32.3 Å². The molecule has 1 rings (SSSR count). The summed E-state index contributed by atoms with van der Waals surface area (Å²) in [6, 6.07) is 7.91. The molecule has 1 aromatic rings. The number of hydrogen-bond donors (Lipinski definition) is 2. The highest BCUT2D eigenvalue weighted by atomic mass is 16.3. The first kappa shape index (κ1) is 15.8. The fourth-order valence-corrected chi connectivity index (χ4v) is 2.22. The highest BCUT2D eigenvalue weighted by Crippen LogP contribution is 2.17. The van der Waals surface area contributed by atoms with Gasteiger partial charge in [0, 0.05) is 12.6 Å². The summed E-state index contributed by atoms with van der Waals surface area (Å²) in [6.07, 6.45) is 6.84. The summed E-state index contributed by atoms with van der Waals surface area (Å²) in [7, 11) is 0. The van der Waals surface area contributed by atoms with Crippen molar-refractivity contribution in [1.29, 1.82) is 0 Å². The van der Waals surface area contributed by atoms with Gasteiger partial charge in [0.25, 0.3) is 0 Å². The minimum atomic E-state index is 0.326. The van der Waals surface area contributed by atoms with Gasteiger partial charge < -0.3 is 10.4 Å². The molecule has 0 bridgehead atoms. The minimum absolute atomic E-state index is 0.326. The molecule has 0 saturated carbocycles. The molecule has 0 aromatic heterocycles. The maximum Gasteiger partial charge on any atom is 0.115 e. The predicted octanol–water partition coefficient (Wildman–Crippen LogP) is 4.25. The van der Waals surface area contributed by atoms with Crippen LogP contribution in [0.25, 0.3) is 0 Å². The largest absolute Gasteiger partial charge is 0.508 e. The third-order valence-corrected chi connectivity index (χ3v) is 3.68. The van der Waals surface area contributed by atoms with Gasteiger partial charge in [0.15, 0.2) is 0 Å². The third-order valence-electron chi connectivity index (χ3n) is 3.68. The summed E-state index contributed by atoms with van der Waals surface area (Å²) < 4.78 is 0. The van der Waals surface area contributed by atoms with Gasteiger partial charge in [-0.1, -0.05) is 31.6 Å². The number of hydrogen-bond acceptors (Lipinski definition) is 2. The van der Waals surface area contributed by atoms with Crippen LogP contribution in [0.4, 0.5) is 0 Å². The normalized spacial score (nSPS) is 14.0. The van der Waals surface area contributed by atoms with Crippen LogP contribution in [0.3, 0.4) is 0 Å². The molecular weight excluding hydrogens is 234 g/mol. The summed E-state index contributed by atoms with van der Waals surface area (Å²) in [5, 5.41) is 12.8. The van der Waals surface area contributed by atoms with Crippen LogP contribution in [-0.4, -0.2) is 11.1 Å². The number of benzene rings is 1. The molecular formula is C17H27NO. The molecule has 0 aliphatic carbocycles. The van der Waals surface area contributed by atoms with Crippen LogP contribution < -0.4 is 5.32 Å². The highest BCUT2D eigenvalue weighted by molar-refractivity contribution is 5.25. The van der Waals surface area contributed by atoms with E-state index in [1.165, 1.54) is 24.8 Å². The van der Waals surface area contributed by atoms with Gasteiger partial charge in [-0.3, -0.25) is 0 Å². The monoisotopic (exact) mass is 261 g/mol. The Labute approximate surface area is 117 Å². The first-order valence-electron chi connectivity index (χ1n) is 7.27. The summed E-state index contributed by atoms with van der Waals surface area (Å²) in [5.41, 5.74) is 1.21. The van der Waals surface area contributed by atoms with Crippen LogP contribution >= 0.6 is 0 Å². The van der Waals surface area contributed by atoms with Crippen molar-refractivity contribution in [3.05, 3.63) is 42.5 Å². The van der Waals surface area contributed by atoms with Crippen molar-refractivity contribution in [3.8, 4) is 5.75 Å². The molecule has 1 aromatic carbocycles. The zero-order valence-electron chi connectivity index (χ0n) is 12.2. The van der Waals surface area contributed by atoms with E-state index in [1.54, 1.807) is 12.1 Å². The Bertz CT molecular complexity index is 358. The summed E-state index contributed by atoms with van der Waals surface area (Å²) in [6.45, 7) is 9.17. The van der Waals surface area contributed by atoms with Crippen molar-refractivity contribution in [3.63, 3.8) is 0 Å². The molecule has 0 aliphatic rings. The van der Waals surface area contributed by atoms with Gasteiger partial charge in [0.1, 0.15) is 5.75 Å². The lowest BCUT2D eigenvalue weighted by Gasteiger charge is -2.18. The van der Waals surface area contributed by atoms with Gasteiger partial charge in [-0.2, -0.15) is 0 Å². The van der Waals surface area contributed by atoms with Crippen molar-refractivity contribution in [2.45, 2.75) is 52.1 Å². The van der Waals surface area contributed by atoms with Crippen molar-refractivity contribution in [1.82, 2.24) is 5.32 Å². The lowest BCUT2D eigenvalue weighted by atomic mass is 9.95. The van der Waals surface area contributed by atoms with Crippen LogP contribution in [-0.2, 0) is 6.54 Å². The highest BCUT2D eigenvalue weighted by Gasteiger charge is 2.07. The van der Waals surface area contributed by atoms with Crippen LogP contribution in [0.2, 0.25) is 0 Å². The Morgan fingerprint density at radius 2 is 1.95 bits per heavy atom. The van der Waals surface area contributed by atoms with E-state index in [-0.39, 0.29) is 0 Å². The fraction of sp³-hybridized carbons (Fsp3) is 0.529. The molecule has 2 N–H and O–H groups in total. The van der Waals surface area contributed by atoms with E-state index >= 15 is 0 Å². The van der Waals surface area contributed by atoms with Crippen molar-refractivity contribution in [2.75, 3.05) is 0 Å². The molecule has 0 radical (unpaired) electrons. The predicted molar refractivity (Wildman–Crippen MR) is 82.2 cm³/mol.